The molecular formula is C16H18N2O4. The summed E-state index contributed by atoms with van der Waals surface area (Å²) in [4.78, 5) is 25.7. The molecule has 1 saturated heterocycles. The minimum absolute atomic E-state index is 0.0555. The number of hydrogen-bond donors (Lipinski definition) is 2. The number of phenolic OH excluding ortho intramolecular Hbond substituents is 1. The Kier molecular flexibility index (Phi) is 3.85. The summed E-state index contributed by atoms with van der Waals surface area (Å²) in [6.07, 6.45) is 2.05. The Morgan fingerprint density at radius 2 is 2.09 bits per heavy atom. The molecule has 0 spiro atoms. The van der Waals surface area contributed by atoms with Gasteiger partial charge in [0.05, 0.1) is 12.6 Å². The first kappa shape index (κ1) is 14.6. The van der Waals surface area contributed by atoms with Crippen molar-refractivity contribution in [3.63, 3.8) is 0 Å². The highest BCUT2D eigenvalue weighted by atomic mass is 16.6. The molecule has 2 unspecified atom stereocenters. The molecular weight excluding hydrogens is 284 g/mol. The molecule has 0 aliphatic carbocycles. The average Bonchev–Trinajstić information content (AvgIpc) is 3.29. The lowest BCUT2D eigenvalue weighted by molar-refractivity contribution is -0.129. The molecule has 1 aromatic rings. The van der Waals surface area contributed by atoms with E-state index >= 15 is 0 Å². The largest absolute Gasteiger partial charge is 0.508 e. The maximum atomic E-state index is 12.3. The fourth-order valence-corrected chi connectivity index (χ4v) is 2.47. The first-order valence-electron chi connectivity index (χ1n) is 7.28. The minimum Gasteiger partial charge on any atom is -0.508 e. The summed E-state index contributed by atoms with van der Waals surface area (Å²) >= 11 is 0. The Morgan fingerprint density at radius 1 is 1.41 bits per heavy atom. The molecule has 0 bridgehead atoms. The van der Waals surface area contributed by atoms with E-state index in [2.05, 4.69) is 5.32 Å². The predicted octanol–water partition coefficient (Wildman–Crippen LogP) is 0.564. The maximum Gasteiger partial charge on any atom is 0.270 e. The normalized spacial score (nSPS) is 23.4. The molecule has 0 radical (unpaired) electrons. The zero-order valence-corrected chi connectivity index (χ0v) is 12.3. The maximum absolute atomic E-state index is 12.3. The van der Waals surface area contributed by atoms with Crippen molar-refractivity contribution in [3.8, 4) is 5.75 Å². The summed E-state index contributed by atoms with van der Waals surface area (Å²) in [5, 5.41) is 11.9. The fourth-order valence-electron chi connectivity index (χ4n) is 2.47. The number of phenols is 1. The summed E-state index contributed by atoms with van der Waals surface area (Å²) in [5.74, 6) is -0.198. The van der Waals surface area contributed by atoms with E-state index < -0.39 is 6.10 Å². The predicted molar refractivity (Wildman–Crippen MR) is 79.0 cm³/mol. The van der Waals surface area contributed by atoms with Crippen LogP contribution in [-0.2, 0) is 20.7 Å². The van der Waals surface area contributed by atoms with Crippen LogP contribution in [-0.4, -0.2) is 47.1 Å². The van der Waals surface area contributed by atoms with Gasteiger partial charge in [-0.15, -0.1) is 0 Å². The van der Waals surface area contributed by atoms with Gasteiger partial charge in [0.25, 0.3) is 11.8 Å². The number of nitrogens with one attached hydrogen (secondary N) is 1. The third-order valence-electron chi connectivity index (χ3n) is 3.85. The lowest BCUT2D eigenvalue weighted by Crippen LogP contribution is -2.38. The lowest BCUT2D eigenvalue weighted by Gasteiger charge is -2.21. The zero-order chi connectivity index (χ0) is 15.7. The van der Waals surface area contributed by atoms with Crippen LogP contribution in [0.3, 0.4) is 0 Å². The molecule has 0 saturated carbocycles. The molecule has 2 N–H and O–H groups in total. The number of amides is 2. The highest BCUT2D eigenvalue weighted by Crippen LogP contribution is 2.19. The van der Waals surface area contributed by atoms with Gasteiger partial charge in [-0.1, -0.05) is 12.1 Å². The van der Waals surface area contributed by atoms with Crippen molar-refractivity contribution < 1.29 is 19.4 Å². The zero-order valence-electron chi connectivity index (χ0n) is 12.3. The summed E-state index contributed by atoms with van der Waals surface area (Å²) in [6.45, 7) is 2.90. The van der Waals surface area contributed by atoms with Crippen LogP contribution in [0.5, 0.6) is 5.75 Å². The number of aromatic hydroxyl groups is 1. The Balaban J connectivity index is 1.57. The first-order valence-corrected chi connectivity index (χ1v) is 7.28. The number of carbonyl (C=O) groups excluding carboxylic acids is 2. The molecule has 2 aliphatic heterocycles. The summed E-state index contributed by atoms with van der Waals surface area (Å²) in [6, 6.07) is 6.87. The van der Waals surface area contributed by atoms with E-state index in [9.17, 15) is 14.7 Å². The van der Waals surface area contributed by atoms with Crippen molar-refractivity contribution in [3.05, 3.63) is 41.6 Å². The Hall–Kier alpha value is -2.34. The monoisotopic (exact) mass is 302 g/mol. The van der Waals surface area contributed by atoms with Crippen molar-refractivity contribution >= 4 is 11.8 Å². The topological polar surface area (TPSA) is 82.2 Å². The van der Waals surface area contributed by atoms with Crippen molar-refractivity contribution in [1.82, 2.24) is 10.2 Å². The van der Waals surface area contributed by atoms with Crippen LogP contribution in [0, 0.1) is 0 Å². The molecule has 2 heterocycles. The molecule has 6 heteroatoms. The number of rotatable bonds is 5. The van der Waals surface area contributed by atoms with Crippen LogP contribution in [0.1, 0.15) is 12.5 Å². The number of nitrogens with zero attached hydrogens (tertiary/aromatic N) is 1. The quantitative estimate of drug-likeness (QED) is 0.779. The summed E-state index contributed by atoms with van der Waals surface area (Å²) in [5.41, 5.74) is 1.38. The number of carbonyl (C=O) groups is 2. The van der Waals surface area contributed by atoms with Gasteiger partial charge in [0, 0.05) is 6.54 Å². The van der Waals surface area contributed by atoms with E-state index in [1.54, 1.807) is 23.1 Å². The number of ether oxygens (including phenoxy) is 1. The van der Waals surface area contributed by atoms with Crippen LogP contribution in [0.2, 0.25) is 0 Å². The van der Waals surface area contributed by atoms with Gasteiger partial charge in [0.1, 0.15) is 11.4 Å². The Bertz CT molecular complexity index is 620. The van der Waals surface area contributed by atoms with E-state index in [1.807, 2.05) is 19.1 Å². The first-order chi connectivity index (χ1) is 10.5. The second-order valence-corrected chi connectivity index (χ2v) is 5.55. The average molecular weight is 302 g/mol. The Labute approximate surface area is 128 Å². The molecule has 0 aromatic heterocycles. The van der Waals surface area contributed by atoms with Gasteiger partial charge >= 0.3 is 0 Å². The van der Waals surface area contributed by atoms with E-state index in [1.165, 1.54) is 0 Å². The van der Waals surface area contributed by atoms with Crippen molar-refractivity contribution in [2.75, 3.05) is 13.2 Å². The van der Waals surface area contributed by atoms with Gasteiger partial charge in [-0.25, -0.2) is 0 Å². The van der Waals surface area contributed by atoms with Gasteiger partial charge in [-0.3, -0.25) is 9.59 Å². The third kappa shape index (κ3) is 3.12. The number of epoxide rings is 1. The smallest absolute Gasteiger partial charge is 0.270 e. The summed E-state index contributed by atoms with van der Waals surface area (Å²) < 4.78 is 4.90. The molecule has 2 aliphatic rings. The third-order valence-corrected chi connectivity index (χ3v) is 3.85. The second-order valence-electron chi connectivity index (χ2n) is 5.55. The van der Waals surface area contributed by atoms with Crippen molar-refractivity contribution in [2.24, 2.45) is 0 Å². The molecule has 1 aromatic carbocycles. The van der Waals surface area contributed by atoms with E-state index in [-0.39, 0.29) is 23.6 Å². The molecule has 116 valence electrons. The van der Waals surface area contributed by atoms with E-state index in [4.69, 9.17) is 4.74 Å². The van der Waals surface area contributed by atoms with Crippen LogP contribution in [0.25, 0.3) is 0 Å². The molecule has 6 nitrogen and oxygen atoms in total. The highest BCUT2D eigenvalue weighted by Gasteiger charge is 2.35. The van der Waals surface area contributed by atoms with Gasteiger partial charge in [-0.05, 0) is 37.1 Å². The fraction of sp³-hybridized carbons (Fsp3) is 0.375. The number of benzene rings is 1. The van der Waals surface area contributed by atoms with Gasteiger partial charge in [0.15, 0.2) is 6.10 Å². The molecule has 2 amide bonds. The summed E-state index contributed by atoms with van der Waals surface area (Å²) in [7, 11) is 0. The van der Waals surface area contributed by atoms with Gasteiger partial charge in [0.2, 0.25) is 0 Å². The van der Waals surface area contributed by atoms with Crippen molar-refractivity contribution in [2.45, 2.75) is 25.5 Å². The van der Waals surface area contributed by atoms with E-state index in [0.29, 0.717) is 25.3 Å². The van der Waals surface area contributed by atoms with Gasteiger partial charge < -0.3 is 20.1 Å². The van der Waals surface area contributed by atoms with Crippen LogP contribution in [0.15, 0.2) is 36.0 Å². The van der Waals surface area contributed by atoms with Crippen LogP contribution < -0.4 is 5.32 Å². The second kappa shape index (κ2) is 5.81. The molecule has 3 rings (SSSR count). The highest BCUT2D eigenvalue weighted by molar-refractivity contribution is 6.00. The molecule has 22 heavy (non-hydrogen) atoms. The van der Waals surface area contributed by atoms with Crippen LogP contribution >= 0.6 is 0 Å². The SMILES string of the molecule is CC1C=C(NC(=O)C2CO2)C(=O)N1CCc1ccc(O)cc1. The van der Waals surface area contributed by atoms with Crippen molar-refractivity contribution in [1.29, 1.82) is 0 Å². The van der Waals surface area contributed by atoms with E-state index in [0.717, 1.165) is 5.56 Å². The van der Waals surface area contributed by atoms with Crippen LogP contribution in [0.4, 0.5) is 0 Å². The standard InChI is InChI=1S/C16H18N2O4/c1-10-8-13(17-15(20)14-9-22-14)16(21)18(10)7-6-11-2-4-12(19)5-3-11/h2-5,8,10,14,19H,6-7,9H2,1H3,(H,17,20). The van der Waals surface area contributed by atoms with Gasteiger partial charge in [-0.2, -0.15) is 0 Å². The lowest BCUT2D eigenvalue weighted by atomic mass is 10.1. The molecule has 2 atom stereocenters. The molecule has 1 fully saturated rings. The number of hydrogen-bond acceptors (Lipinski definition) is 4. The Morgan fingerprint density at radius 3 is 2.73 bits per heavy atom. The minimum atomic E-state index is -0.407.